The molecule has 0 aromatic carbocycles. The first-order valence-electron chi connectivity index (χ1n) is 7.26. The molecule has 0 spiro atoms. The highest BCUT2D eigenvalue weighted by atomic mass is 16.5. The fourth-order valence-electron chi connectivity index (χ4n) is 1.63. The van der Waals surface area contributed by atoms with Gasteiger partial charge in [0.15, 0.2) is 0 Å². The third-order valence-corrected chi connectivity index (χ3v) is 2.61. The fourth-order valence-corrected chi connectivity index (χ4v) is 1.63. The molecule has 0 saturated carbocycles. The van der Waals surface area contributed by atoms with Crippen LogP contribution in [0, 0.1) is 0 Å². The zero-order valence-corrected chi connectivity index (χ0v) is 12.3. The molecule has 0 unspecified atom stereocenters. The van der Waals surface area contributed by atoms with E-state index < -0.39 is 0 Å². The number of rotatable bonds is 14. The van der Waals surface area contributed by atoms with Gasteiger partial charge in [0.1, 0.15) is 0 Å². The molecule has 0 heterocycles. The van der Waals surface area contributed by atoms with Crippen molar-refractivity contribution in [2.45, 2.75) is 39.0 Å². The minimum absolute atomic E-state index is 0.0940. The van der Waals surface area contributed by atoms with E-state index in [1.165, 1.54) is 0 Å². The van der Waals surface area contributed by atoms with Crippen LogP contribution in [0.15, 0.2) is 5.11 Å². The van der Waals surface area contributed by atoms with Crippen molar-refractivity contribution >= 4 is 5.97 Å². The van der Waals surface area contributed by atoms with Gasteiger partial charge in [-0.15, -0.1) is 0 Å². The molecule has 0 amide bonds. The Labute approximate surface area is 120 Å². The highest BCUT2D eigenvalue weighted by Gasteiger charge is 2.00. The predicted octanol–water partition coefficient (Wildman–Crippen LogP) is 2.42. The van der Waals surface area contributed by atoms with Gasteiger partial charge in [-0.25, -0.2) is 0 Å². The van der Waals surface area contributed by atoms with Crippen molar-refractivity contribution in [2.24, 2.45) is 5.11 Å². The number of ether oxygens (including phenoxy) is 2. The molecule has 116 valence electrons. The standard InChI is InChI=1S/C13H26N4O3/c1-2-20-13(18)7-5-3-4-6-8-15-9-11-19-12-10-16-17-14/h15H,2-12H2,1H3. The van der Waals surface area contributed by atoms with Gasteiger partial charge in [-0.2, -0.15) is 0 Å². The maximum Gasteiger partial charge on any atom is 0.305 e. The molecule has 0 atom stereocenters. The summed E-state index contributed by atoms with van der Waals surface area (Å²) < 4.78 is 10.1. The normalized spacial score (nSPS) is 10.1. The first-order chi connectivity index (χ1) is 9.81. The van der Waals surface area contributed by atoms with Crippen LogP contribution in [0.5, 0.6) is 0 Å². The molecule has 20 heavy (non-hydrogen) atoms. The van der Waals surface area contributed by atoms with Crippen LogP contribution in [0.25, 0.3) is 10.4 Å². The highest BCUT2D eigenvalue weighted by molar-refractivity contribution is 5.69. The molecular weight excluding hydrogens is 260 g/mol. The van der Waals surface area contributed by atoms with Crippen LogP contribution >= 0.6 is 0 Å². The van der Waals surface area contributed by atoms with Crippen LogP contribution in [0.4, 0.5) is 0 Å². The van der Waals surface area contributed by atoms with Crippen molar-refractivity contribution in [3.05, 3.63) is 10.4 Å². The van der Waals surface area contributed by atoms with E-state index in [-0.39, 0.29) is 5.97 Å². The van der Waals surface area contributed by atoms with Crippen molar-refractivity contribution in [3.63, 3.8) is 0 Å². The molecule has 0 bridgehead atoms. The van der Waals surface area contributed by atoms with Gasteiger partial charge in [-0.05, 0) is 31.8 Å². The molecule has 7 nitrogen and oxygen atoms in total. The maximum atomic E-state index is 11.1. The highest BCUT2D eigenvalue weighted by Crippen LogP contribution is 2.03. The number of hydrogen-bond donors (Lipinski definition) is 1. The summed E-state index contributed by atoms with van der Waals surface area (Å²) in [4.78, 5) is 13.7. The smallest absolute Gasteiger partial charge is 0.305 e. The van der Waals surface area contributed by atoms with Gasteiger partial charge in [0.2, 0.25) is 0 Å². The molecule has 1 N–H and O–H groups in total. The summed E-state index contributed by atoms with van der Waals surface area (Å²) in [7, 11) is 0. The lowest BCUT2D eigenvalue weighted by Crippen LogP contribution is -2.21. The number of unbranched alkanes of at least 4 members (excludes halogenated alkanes) is 3. The summed E-state index contributed by atoms with van der Waals surface area (Å²) >= 11 is 0. The van der Waals surface area contributed by atoms with Gasteiger partial charge in [-0.1, -0.05) is 18.0 Å². The van der Waals surface area contributed by atoms with E-state index in [4.69, 9.17) is 15.0 Å². The molecule has 0 aromatic heterocycles. The number of esters is 1. The molecular formula is C13H26N4O3. The van der Waals surface area contributed by atoms with Crippen LogP contribution in [-0.2, 0) is 14.3 Å². The van der Waals surface area contributed by atoms with E-state index in [1.54, 1.807) is 0 Å². The summed E-state index contributed by atoms with van der Waals surface area (Å²) in [5.41, 5.74) is 8.05. The summed E-state index contributed by atoms with van der Waals surface area (Å²) in [5.74, 6) is -0.0940. The van der Waals surface area contributed by atoms with Crippen LogP contribution < -0.4 is 5.32 Å². The average molecular weight is 286 g/mol. The number of hydrogen-bond acceptors (Lipinski definition) is 5. The van der Waals surface area contributed by atoms with Gasteiger partial charge < -0.3 is 14.8 Å². The minimum Gasteiger partial charge on any atom is -0.466 e. The number of nitrogens with zero attached hydrogens (tertiary/aromatic N) is 3. The summed E-state index contributed by atoms with van der Waals surface area (Å²) in [6, 6.07) is 0. The number of azide groups is 1. The number of nitrogens with one attached hydrogen (secondary N) is 1. The van der Waals surface area contributed by atoms with E-state index in [0.717, 1.165) is 38.8 Å². The summed E-state index contributed by atoms with van der Waals surface area (Å²) in [6.07, 6.45) is 4.70. The lowest BCUT2D eigenvalue weighted by Gasteiger charge is -2.05. The fraction of sp³-hybridized carbons (Fsp3) is 0.923. The zero-order valence-electron chi connectivity index (χ0n) is 12.3. The Hall–Kier alpha value is -1.30. The van der Waals surface area contributed by atoms with Crippen LogP contribution in [-0.4, -0.2) is 45.4 Å². The Bertz CT molecular complexity index is 281. The number of carbonyl (C=O) groups excluding carboxylic acids is 1. The van der Waals surface area contributed by atoms with Gasteiger partial charge in [0.05, 0.1) is 19.8 Å². The maximum absolute atomic E-state index is 11.1. The van der Waals surface area contributed by atoms with Crippen molar-refractivity contribution in [1.29, 1.82) is 0 Å². The second-order valence-electron chi connectivity index (χ2n) is 4.29. The largest absolute Gasteiger partial charge is 0.466 e. The molecule has 0 saturated heterocycles. The molecule has 0 aliphatic rings. The molecule has 0 aliphatic heterocycles. The quantitative estimate of drug-likeness (QED) is 0.174. The predicted molar refractivity (Wildman–Crippen MR) is 77.4 cm³/mol. The Morgan fingerprint density at radius 3 is 2.75 bits per heavy atom. The van der Waals surface area contributed by atoms with Crippen LogP contribution in [0.2, 0.25) is 0 Å². The van der Waals surface area contributed by atoms with E-state index in [1.807, 2.05) is 6.92 Å². The topological polar surface area (TPSA) is 96.3 Å². The second kappa shape index (κ2) is 15.8. The van der Waals surface area contributed by atoms with Crippen LogP contribution in [0.3, 0.4) is 0 Å². The van der Waals surface area contributed by atoms with E-state index >= 15 is 0 Å². The van der Waals surface area contributed by atoms with Crippen molar-refractivity contribution in [2.75, 3.05) is 39.5 Å². The number of carbonyl (C=O) groups is 1. The first-order valence-corrected chi connectivity index (χ1v) is 7.26. The average Bonchev–Trinajstić information content (AvgIpc) is 2.44. The van der Waals surface area contributed by atoms with Gasteiger partial charge in [0, 0.05) is 24.4 Å². The monoisotopic (exact) mass is 286 g/mol. The van der Waals surface area contributed by atoms with Crippen molar-refractivity contribution in [1.82, 2.24) is 5.32 Å². The molecule has 0 aliphatic carbocycles. The molecule has 7 heteroatoms. The Balaban J connectivity index is 3.06. The summed E-state index contributed by atoms with van der Waals surface area (Å²) in [6.45, 7) is 5.54. The summed E-state index contributed by atoms with van der Waals surface area (Å²) in [5, 5.41) is 6.65. The van der Waals surface area contributed by atoms with Gasteiger partial charge in [-0.3, -0.25) is 4.79 Å². The van der Waals surface area contributed by atoms with Crippen molar-refractivity contribution in [3.8, 4) is 0 Å². The first kappa shape index (κ1) is 18.7. The zero-order chi connectivity index (χ0) is 14.9. The molecule has 0 fully saturated rings. The van der Waals surface area contributed by atoms with Gasteiger partial charge >= 0.3 is 5.97 Å². The molecule has 0 rings (SSSR count). The minimum atomic E-state index is -0.0940. The lowest BCUT2D eigenvalue weighted by atomic mass is 10.1. The Morgan fingerprint density at radius 2 is 2.00 bits per heavy atom. The van der Waals surface area contributed by atoms with E-state index in [2.05, 4.69) is 15.3 Å². The molecule has 0 aromatic rings. The van der Waals surface area contributed by atoms with Crippen molar-refractivity contribution < 1.29 is 14.3 Å². The molecule has 0 radical (unpaired) electrons. The second-order valence-corrected chi connectivity index (χ2v) is 4.29. The lowest BCUT2D eigenvalue weighted by molar-refractivity contribution is -0.143. The SMILES string of the molecule is CCOC(=O)CCCCCCNCCOCCN=[N+]=[N-]. The third-order valence-electron chi connectivity index (χ3n) is 2.61. The van der Waals surface area contributed by atoms with Gasteiger partial charge in [0.25, 0.3) is 0 Å². The Morgan fingerprint density at radius 1 is 1.20 bits per heavy atom. The Kier molecular flexibility index (Phi) is 14.7. The van der Waals surface area contributed by atoms with Crippen LogP contribution in [0.1, 0.15) is 39.0 Å². The van der Waals surface area contributed by atoms with E-state index in [0.29, 0.717) is 32.8 Å². The van der Waals surface area contributed by atoms with E-state index in [9.17, 15) is 4.79 Å². The third kappa shape index (κ3) is 14.8.